The molecule has 0 saturated heterocycles. The third-order valence-corrected chi connectivity index (χ3v) is 3.31. The van der Waals surface area contributed by atoms with Crippen molar-refractivity contribution in [2.24, 2.45) is 0 Å². The van der Waals surface area contributed by atoms with Crippen molar-refractivity contribution in [1.82, 2.24) is 9.97 Å². The minimum absolute atomic E-state index is 0.784. The molecule has 0 amide bonds. The summed E-state index contributed by atoms with van der Waals surface area (Å²) in [6, 6.07) is 16.4. The number of anilines is 2. The van der Waals surface area contributed by atoms with Gasteiger partial charge in [0.15, 0.2) is 0 Å². The lowest BCUT2D eigenvalue weighted by molar-refractivity contribution is 1.09. The van der Waals surface area contributed by atoms with Gasteiger partial charge in [-0.15, -0.1) is 0 Å². The smallest absolute Gasteiger partial charge is 0.0529 e. The van der Waals surface area contributed by atoms with Gasteiger partial charge in [-0.2, -0.15) is 0 Å². The van der Waals surface area contributed by atoms with E-state index in [1.165, 1.54) is 11.1 Å². The molecule has 0 atom stereocenters. The quantitative estimate of drug-likeness (QED) is 0.727. The Labute approximate surface area is 130 Å². The first-order chi connectivity index (χ1) is 10.9. The van der Waals surface area contributed by atoms with Gasteiger partial charge in [0.25, 0.3) is 0 Å². The summed E-state index contributed by atoms with van der Waals surface area (Å²) in [5.41, 5.74) is 4.55. The molecule has 0 radical (unpaired) electrons. The second-order valence-electron chi connectivity index (χ2n) is 5.01. The largest absolute Gasteiger partial charge is 0.380 e. The predicted molar refractivity (Wildman–Crippen MR) is 89.6 cm³/mol. The minimum Gasteiger partial charge on any atom is -0.380 e. The van der Waals surface area contributed by atoms with Gasteiger partial charge < -0.3 is 10.6 Å². The van der Waals surface area contributed by atoms with Gasteiger partial charge in [-0.05, 0) is 35.4 Å². The molecule has 2 heterocycles. The molecule has 4 heteroatoms. The Morgan fingerprint density at radius 1 is 0.682 bits per heavy atom. The first-order valence-corrected chi connectivity index (χ1v) is 7.26. The second-order valence-corrected chi connectivity index (χ2v) is 5.01. The highest BCUT2D eigenvalue weighted by atomic mass is 14.9. The molecule has 22 heavy (non-hydrogen) atoms. The van der Waals surface area contributed by atoms with Crippen LogP contribution in [-0.2, 0) is 13.1 Å². The van der Waals surface area contributed by atoms with Gasteiger partial charge in [0.1, 0.15) is 0 Å². The van der Waals surface area contributed by atoms with Gasteiger partial charge in [-0.1, -0.05) is 24.3 Å². The summed E-state index contributed by atoms with van der Waals surface area (Å²) in [6.07, 6.45) is 7.20. The number of pyridine rings is 2. The first kappa shape index (κ1) is 14.1. The number of rotatable bonds is 6. The van der Waals surface area contributed by atoms with Gasteiger partial charge >= 0.3 is 0 Å². The van der Waals surface area contributed by atoms with E-state index in [2.05, 4.69) is 44.9 Å². The van der Waals surface area contributed by atoms with Gasteiger partial charge in [0, 0.05) is 37.9 Å². The number of aromatic nitrogens is 2. The van der Waals surface area contributed by atoms with Gasteiger partial charge in [-0.25, -0.2) is 0 Å². The van der Waals surface area contributed by atoms with Crippen LogP contribution in [-0.4, -0.2) is 9.97 Å². The highest BCUT2D eigenvalue weighted by molar-refractivity contribution is 5.42. The molecule has 0 saturated carbocycles. The van der Waals surface area contributed by atoms with Gasteiger partial charge in [-0.3, -0.25) is 9.97 Å². The summed E-state index contributed by atoms with van der Waals surface area (Å²) in [6.45, 7) is 1.57. The maximum atomic E-state index is 4.10. The van der Waals surface area contributed by atoms with Crippen LogP contribution in [0.2, 0.25) is 0 Å². The summed E-state index contributed by atoms with van der Waals surface area (Å²) < 4.78 is 0. The maximum Gasteiger partial charge on any atom is 0.0529 e. The molecule has 1 aromatic carbocycles. The van der Waals surface area contributed by atoms with E-state index >= 15 is 0 Å². The van der Waals surface area contributed by atoms with Crippen LogP contribution in [0.4, 0.5) is 11.4 Å². The maximum absolute atomic E-state index is 4.10. The van der Waals surface area contributed by atoms with Crippen LogP contribution in [0, 0.1) is 0 Å². The average Bonchev–Trinajstić information content (AvgIpc) is 2.60. The third-order valence-electron chi connectivity index (χ3n) is 3.31. The molecular formula is C18H18N4. The molecule has 110 valence electrons. The van der Waals surface area contributed by atoms with Crippen molar-refractivity contribution in [2.75, 3.05) is 10.6 Å². The SMILES string of the molecule is c1cc(CNc2cccnc2)cc(CNc2cccnc2)c1. The van der Waals surface area contributed by atoms with Crippen LogP contribution in [0.15, 0.2) is 73.3 Å². The number of nitrogens with one attached hydrogen (secondary N) is 2. The van der Waals surface area contributed by atoms with E-state index in [1.54, 1.807) is 12.4 Å². The van der Waals surface area contributed by atoms with Gasteiger partial charge in [0.05, 0.1) is 11.4 Å². The van der Waals surface area contributed by atoms with Crippen molar-refractivity contribution in [3.63, 3.8) is 0 Å². The Morgan fingerprint density at radius 2 is 1.23 bits per heavy atom. The third kappa shape index (κ3) is 4.06. The molecular weight excluding hydrogens is 272 g/mol. The molecule has 3 aromatic rings. The Balaban J connectivity index is 1.58. The fourth-order valence-corrected chi connectivity index (χ4v) is 2.19. The van der Waals surface area contributed by atoms with E-state index < -0.39 is 0 Å². The second kappa shape index (κ2) is 7.22. The summed E-state index contributed by atoms with van der Waals surface area (Å²) in [5, 5.41) is 6.74. The van der Waals surface area contributed by atoms with Crippen LogP contribution in [0.3, 0.4) is 0 Å². The Hall–Kier alpha value is -2.88. The fourth-order valence-electron chi connectivity index (χ4n) is 2.19. The monoisotopic (exact) mass is 290 g/mol. The van der Waals surface area contributed by atoms with Crippen LogP contribution in [0.5, 0.6) is 0 Å². The lowest BCUT2D eigenvalue weighted by Crippen LogP contribution is -2.03. The summed E-state index contributed by atoms with van der Waals surface area (Å²) >= 11 is 0. The van der Waals surface area contributed by atoms with E-state index in [9.17, 15) is 0 Å². The molecule has 0 bridgehead atoms. The van der Waals surface area contributed by atoms with E-state index in [4.69, 9.17) is 0 Å². The van der Waals surface area contributed by atoms with Crippen molar-refractivity contribution in [2.45, 2.75) is 13.1 Å². The zero-order valence-corrected chi connectivity index (χ0v) is 12.2. The molecule has 0 fully saturated rings. The molecule has 2 aromatic heterocycles. The van der Waals surface area contributed by atoms with Crippen molar-refractivity contribution in [1.29, 1.82) is 0 Å². The number of nitrogens with zero attached hydrogens (tertiary/aromatic N) is 2. The van der Waals surface area contributed by atoms with E-state index in [0.717, 1.165) is 24.5 Å². The predicted octanol–water partition coefficient (Wildman–Crippen LogP) is 3.70. The Kier molecular flexibility index (Phi) is 4.62. The molecule has 4 nitrogen and oxygen atoms in total. The van der Waals surface area contributed by atoms with Crippen molar-refractivity contribution in [3.05, 3.63) is 84.4 Å². The van der Waals surface area contributed by atoms with E-state index in [0.29, 0.717) is 0 Å². The highest BCUT2D eigenvalue weighted by Crippen LogP contribution is 2.11. The number of benzene rings is 1. The summed E-state index contributed by atoms with van der Waals surface area (Å²) in [5.74, 6) is 0. The molecule has 0 aliphatic carbocycles. The Bertz CT molecular complexity index is 640. The zero-order valence-electron chi connectivity index (χ0n) is 12.2. The Morgan fingerprint density at radius 3 is 1.68 bits per heavy atom. The standard InChI is InChI=1S/C18H18N4/c1-4-15(11-21-17-6-2-8-19-13-17)10-16(5-1)12-22-18-7-3-9-20-14-18/h1-10,13-14,21-22H,11-12H2. The average molecular weight is 290 g/mol. The highest BCUT2D eigenvalue weighted by Gasteiger charge is 1.98. The normalized spacial score (nSPS) is 10.2. The van der Waals surface area contributed by atoms with Gasteiger partial charge in [0.2, 0.25) is 0 Å². The number of hydrogen-bond acceptors (Lipinski definition) is 4. The summed E-state index contributed by atoms with van der Waals surface area (Å²) in [7, 11) is 0. The zero-order chi connectivity index (χ0) is 15.0. The minimum atomic E-state index is 0.784. The first-order valence-electron chi connectivity index (χ1n) is 7.26. The fraction of sp³-hybridized carbons (Fsp3) is 0.111. The topological polar surface area (TPSA) is 49.8 Å². The lowest BCUT2D eigenvalue weighted by Gasteiger charge is -2.09. The summed E-state index contributed by atoms with van der Waals surface area (Å²) in [4.78, 5) is 8.20. The van der Waals surface area contributed by atoms with E-state index in [-0.39, 0.29) is 0 Å². The van der Waals surface area contributed by atoms with Crippen molar-refractivity contribution < 1.29 is 0 Å². The van der Waals surface area contributed by atoms with Crippen molar-refractivity contribution in [3.8, 4) is 0 Å². The number of hydrogen-bond donors (Lipinski definition) is 2. The van der Waals surface area contributed by atoms with Crippen LogP contribution >= 0.6 is 0 Å². The van der Waals surface area contributed by atoms with Crippen LogP contribution < -0.4 is 10.6 Å². The van der Waals surface area contributed by atoms with Crippen LogP contribution in [0.1, 0.15) is 11.1 Å². The molecule has 0 spiro atoms. The lowest BCUT2D eigenvalue weighted by atomic mass is 10.1. The van der Waals surface area contributed by atoms with Crippen molar-refractivity contribution >= 4 is 11.4 Å². The molecule has 0 aliphatic heterocycles. The van der Waals surface area contributed by atoms with Crippen LogP contribution in [0.25, 0.3) is 0 Å². The molecule has 3 rings (SSSR count). The molecule has 0 unspecified atom stereocenters. The molecule has 2 N–H and O–H groups in total. The molecule has 0 aliphatic rings. The van der Waals surface area contributed by atoms with E-state index in [1.807, 2.05) is 36.7 Å².